The van der Waals surface area contributed by atoms with Crippen LogP contribution in [0.2, 0.25) is 5.02 Å². The predicted octanol–water partition coefficient (Wildman–Crippen LogP) is 2.90. The van der Waals surface area contributed by atoms with E-state index in [2.05, 4.69) is 10.3 Å². The van der Waals surface area contributed by atoms with Crippen LogP contribution in [-0.2, 0) is 11.3 Å². The Morgan fingerprint density at radius 3 is 2.82 bits per heavy atom. The summed E-state index contributed by atoms with van der Waals surface area (Å²) in [5.41, 5.74) is 0. The first-order valence-electron chi connectivity index (χ1n) is 7.35. The summed E-state index contributed by atoms with van der Waals surface area (Å²) in [6.45, 7) is 2.05. The second kappa shape index (κ2) is 9.10. The molecule has 6 heteroatoms. The average molecular weight is 322 g/mol. The van der Waals surface area contributed by atoms with E-state index in [1.54, 1.807) is 24.7 Å². The maximum absolute atomic E-state index is 11.7. The van der Waals surface area contributed by atoms with Gasteiger partial charge in [-0.3, -0.25) is 4.79 Å². The van der Waals surface area contributed by atoms with Gasteiger partial charge in [-0.2, -0.15) is 0 Å². The number of ether oxygens (including phenoxy) is 1. The summed E-state index contributed by atoms with van der Waals surface area (Å²) in [4.78, 5) is 15.6. The molecule has 0 aliphatic rings. The second-order valence-electron chi connectivity index (χ2n) is 4.91. The van der Waals surface area contributed by atoms with Crippen molar-refractivity contribution >= 4 is 17.5 Å². The number of hydrogen-bond donors (Lipinski definition) is 1. The van der Waals surface area contributed by atoms with Gasteiger partial charge in [-0.15, -0.1) is 0 Å². The van der Waals surface area contributed by atoms with E-state index in [0.717, 1.165) is 18.7 Å². The first-order chi connectivity index (χ1) is 10.7. The average Bonchev–Trinajstić information content (AvgIpc) is 3.03. The lowest BCUT2D eigenvalue weighted by atomic mass is 10.3. The van der Waals surface area contributed by atoms with Gasteiger partial charge in [0, 0.05) is 36.9 Å². The number of nitrogens with one attached hydrogen (secondary N) is 1. The van der Waals surface area contributed by atoms with Crippen LogP contribution in [0.15, 0.2) is 43.0 Å². The molecule has 2 aromatic rings. The van der Waals surface area contributed by atoms with Crippen LogP contribution < -0.4 is 10.1 Å². The number of halogens is 1. The van der Waals surface area contributed by atoms with Gasteiger partial charge in [0.25, 0.3) is 0 Å². The molecule has 0 radical (unpaired) electrons. The molecule has 2 rings (SSSR count). The van der Waals surface area contributed by atoms with Crippen LogP contribution in [0.1, 0.15) is 19.3 Å². The molecule has 0 fully saturated rings. The summed E-state index contributed by atoms with van der Waals surface area (Å²) in [6.07, 6.45) is 7.49. The van der Waals surface area contributed by atoms with E-state index in [0.29, 0.717) is 31.0 Å². The van der Waals surface area contributed by atoms with Gasteiger partial charge in [0.1, 0.15) is 5.75 Å². The molecule has 0 bridgehead atoms. The van der Waals surface area contributed by atoms with E-state index < -0.39 is 0 Å². The Morgan fingerprint density at radius 2 is 2.09 bits per heavy atom. The van der Waals surface area contributed by atoms with Crippen LogP contribution in [-0.4, -0.2) is 28.6 Å². The van der Waals surface area contributed by atoms with E-state index in [-0.39, 0.29) is 5.91 Å². The Balaban J connectivity index is 1.49. The molecular formula is C16H20ClN3O2. The molecule has 1 N–H and O–H groups in total. The van der Waals surface area contributed by atoms with E-state index in [9.17, 15) is 4.79 Å². The molecule has 118 valence electrons. The maximum atomic E-state index is 11.7. The molecule has 1 amide bonds. The van der Waals surface area contributed by atoms with Crippen molar-refractivity contribution in [3.63, 3.8) is 0 Å². The zero-order chi connectivity index (χ0) is 15.6. The Labute approximate surface area is 135 Å². The number of carbonyl (C=O) groups excluding carboxylic acids is 1. The quantitative estimate of drug-likeness (QED) is 0.722. The van der Waals surface area contributed by atoms with Crippen molar-refractivity contribution in [1.29, 1.82) is 0 Å². The highest BCUT2D eigenvalue weighted by molar-refractivity contribution is 6.30. The highest BCUT2D eigenvalue weighted by atomic mass is 35.5. The summed E-state index contributed by atoms with van der Waals surface area (Å²) in [7, 11) is 0. The smallest absolute Gasteiger partial charge is 0.220 e. The number of aryl methyl sites for hydroxylation is 1. The Hall–Kier alpha value is -2.01. The van der Waals surface area contributed by atoms with Crippen molar-refractivity contribution in [3.05, 3.63) is 48.0 Å². The van der Waals surface area contributed by atoms with Crippen LogP contribution in [0.25, 0.3) is 0 Å². The van der Waals surface area contributed by atoms with Crippen LogP contribution in [0, 0.1) is 0 Å². The fourth-order valence-electron chi connectivity index (χ4n) is 1.95. The molecular weight excluding hydrogens is 302 g/mol. The van der Waals surface area contributed by atoms with Crippen molar-refractivity contribution in [1.82, 2.24) is 14.9 Å². The highest BCUT2D eigenvalue weighted by Gasteiger charge is 2.01. The zero-order valence-corrected chi connectivity index (χ0v) is 13.1. The summed E-state index contributed by atoms with van der Waals surface area (Å²) in [5.74, 6) is 0.829. The predicted molar refractivity (Wildman–Crippen MR) is 86.0 cm³/mol. The third-order valence-corrected chi connectivity index (χ3v) is 3.36. The van der Waals surface area contributed by atoms with Gasteiger partial charge in [0.2, 0.25) is 5.91 Å². The van der Waals surface area contributed by atoms with Crippen LogP contribution in [0.5, 0.6) is 5.75 Å². The van der Waals surface area contributed by atoms with Crippen molar-refractivity contribution in [2.75, 3.05) is 13.2 Å². The van der Waals surface area contributed by atoms with Crippen molar-refractivity contribution in [3.8, 4) is 5.75 Å². The molecule has 0 saturated carbocycles. The summed E-state index contributed by atoms with van der Waals surface area (Å²) in [5, 5.41) is 3.59. The Morgan fingerprint density at radius 1 is 1.27 bits per heavy atom. The lowest BCUT2D eigenvalue weighted by Gasteiger charge is -2.07. The monoisotopic (exact) mass is 321 g/mol. The normalized spacial score (nSPS) is 10.4. The summed E-state index contributed by atoms with van der Waals surface area (Å²) in [6, 6.07) is 7.20. The number of carbonyl (C=O) groups is 1. The van der Waals surface area contributed by atoms with E-state index >= 15 is 0 Å². The van der Waals surface area contributed by atoms with E-state index in [1.807, 2.05) is 22.9 Å². The molecule has 0 spiro atoms. The molecule has 1 aromatic heterocycles. The van der Waals surface area contributed by atoms with Gasteiger partial charge >= 0.3 is 0 Å². The lowest BCUT2D eigenvalue weighted by Crippen LogP contribution is -2.25. The molecule has 5 nitrogen and oxygen atoms in total. The lowest BCUT2D eigenvalue weighted by molar-refractivity contribution is -0.121. The summed E-state index contributed by atoms with van der Waals surface area (Å²) < 4.78 is 7.53. The number of nitrogens with zero attached hydrogens (tertiary/aromatic N) is 2. The molecule has 22 heavy (non-hydrogen) atoms. The van der Waals surface area contributed by atoms with Crippen LogP contribution >= 0.6 is 11.6 Å². The Kier molecular flexibility index (Phi) is 6.77. The fourth-order valence-corrected chi connectivity index (χ4v) is 2.08. The maximum Gasteiger partial charge on any atom is 0.220 e. The minimum atomic E-state index is 0.0605. The third-order valence-electron chi connectivity index (χ3n) is 3.10. The van der Waals surface area contributed by atoms with E-state index in [4.69, 9.17) is 16.3 Å². The minimum Gasteiger partial charge on any atom is -0.494 e. The second-order valence-corrected chi connectivity index (χ2v) is 5.35. The molecule has 0 atom stereocenters. The molecule has 0 saturated heterocycles. The number of amides is 1. The van der Waals surface area contributed by atoms with Crippen molar-refractivity contribution in [2.45, 2.75) is 25.8 Å². The van der Waals surface area contributed by atoms with Gasteiger partial charge in [-0.25, -0.2) is 4.98 Å². The van der Waals surface area contributed by atoms with Gasteiger partial charge in [0.15, 0.2) is 0 Å². The molecule has 0 unspecified atom stereocenters. The number of rotatable bonds is 9. The zero-order valence-electron chi connectivity index (χ0n) is 12.4. The largest absolute Gasteiger partial charge is 0.494 e. The number of aromatic nitrogens is 2. The molecule has 0 aliphatic carbocycles. The number of hydrogen-bond acceptors (Lipinski definition) is 3. The first-order valence-corrected chi connectivity index (χ1v) is 7.72. The minimum absolute atomic E-state index is 0.0605. The molecule has 1 heterocycles. The van der Waals surface area contributed by atoms with E-state index in [1.165, 1.54) is 0 Å². The molecule has 0 aliphatic heterocycles. The van der Waals surface area contributed by atoms with Gasteiger partial charge in [-0.1, -0.05) is 11.6 Å². The number of imidazole rings is 1. The highest BCUT2D eigenvalue weighted by Crippen LogP contribution is 2.15. The molecule has 1 aromatic carbocycles. The standard InChI is InChI=1S/C16H20ClN3O2/c17-14-4-6-15(7-5-14)22-12-1-3-16(21)19-8-2-10-20-11-9-18-13-20/h4-7,9,11,13H,1-3,8,10,12H2,(H,19,21). The van der Waals surface area contributed by atoms with Gasteiger partial charge < -0.3 is 14.6 Å². The fraction of sp³-hybridized carbons (Fsp3) is 0.375. The SMILES string of the molecule is O=C(CCCOc1ccc(Cl)cc1)NCCCn1ccnc1. The van der Waals surface area contributed by atoms with Gasteiger partial charge in [0.05, 0.1) is 12.9 Å². The van der Waals surface area contributed by atoms with Crippen molar-refractivity contribution < 1.29 is 9.53 Å². The Bertz CT molecular complexity index is 555. The van der Waals surface area contributed by atoms with Crippen LogP contribution in [0.4, 0.5) is 0 Å². The van der Waals surface area contributed by atoms with Crippen molar-refractivity contribution in [2.24, 2.45) is 0 Å². The summed E-state index contributed by atoms with van der Waals surface area (Å²) >= 11 is 5.79. The van der Waals surface area contributed by atoms with Gasteiger partial charge in [-0.05, 0) is 37.1 Å². The third kappa shape index (κ3) is 6.18. The topological polar surface area (TPSA) is 56.1 Å². The number of benzene rings is 1. The first kappa shape index (κ1) is 16.4. The van der Waals surface area contributed by atoms with Crippen LogP contribution in [0.3, 0.4) is 0 Å².